The van der Waals surface area contributed by atoms with Crippen LogP contribution < -0.4 is 10.1 Å². The predicted molar refractivity (Wildman–Crippen MR) is 91.6 cm³/mol. The van der Waals surface area contributed by atoms with E-state index in [4.69, 9.17) is 4.74 Å². The van der Waals surface area contributed by atoms with Gasteiger partial charge in [-0.1, -0.05) is 24.3 Å². The maximum atomic E-state index is 11.5. The van der Waals surface area contributed by atoms with E-state index in [1.165, 1.54) is 24.3 Å². The first-order valence-corrected chi connectivity index (χ1v) is 7.28. The van der Waals surface area contributed by atoms with Crippen molar-refractivity contribution in [1.82, 2.24) is 9.97 Å². The lowest BCUT2D eigenvalue weighted by molar-refractivity contribution is -0.385. The van der Waals surface area contributed by atoms with E-state index in [0.29, 0.717) is 5.75 Å². The molecule has 0 atom stereocenters. The van der Waals surface area contributed by atoms with Crippen LogP contribution in [0.5, 0.6) is 11.6 Å². The van der Waals surface area contributed by atoms with Crippen molar-refractivity contribution in [3.05, 3.63) is 81.2 Å². The summed E-state index contributed by atoms with van der Waals surface area (Å²) in [7, 11) is 0. The molecule has 0 aliphatic rings. The Morgan fingerprint density at radius 2 is 1.69 bits per heavy atom. The molecule has 0 bridgehead atoms. The van der Waals surface area contributed by atoms with E-state index in [1.54, 1.807) is 30.3 Å². The van der Waals surface area contributed by atoms with Crippen LogP contribution in [0.3, 0.4) is 0 Å². The topological polar surface area (TPSA) is 133 Å². The summed E-state index contributed by atoms with van der Waals surface area (Å²) in [5.74, 6) is -0.0174. The Morgan fingerprint density at radius 3 is 2.38 bits per heavy atom. The molecule has 10 nitrogen and oxygen atoms in total. The summed E-state index contributed by atoms with van der Waals surface area (Å²) < 4.78 is 5.47. The van der Waals surface area contributed by atoms with Gasteiger partial charge in [-0.05, 0) is 18.2 Å². The van der Waals surface area contributed by atoms with Crippen LogP contribution in [0.2, 0.25) is 0 Å². The number of nitro benzene ring substituents is 1. The monoisotopic (exact) mass is 353 g/mol. The van der Waals surface area contributed by atoms with E-state index in [1.807, 2.05) is 0 Å². The number of rotatable bonds is 6. The molecular weight excluding hydrogens is 342 g/mol. The molecule has 0 spiro atoms. The molecule has 0 saturated heterocycles. The van der Waals surface area contributed by atoms with Crippen molar-refractivity contribution in [2.45, 2.75) is 0 Å². The Kier molecular flexibility index (Phi) is 4.65. The molecule has 0 aliphatic heterocycles. The van der Waals surface area contributed by atoms with Crippen LogP contribution >= 0.6 is 0 Å². The summed E-state index contributed by atoms with van der Waals surface area (Å²) in [6.45, 7) is 0. The Morgan fingerprint density at radius 1 is 0.923 bits per heavy atom. The van der Waals surface area contributed by atoms with Crippen molar-refractivity contribution in [2.75, 3.05) is 5.32 Å². The van der Waals surface area contributed by atoms with E-state index in [0.717, 1.165) is 6.33 Å². The lowest BCUT2D eigenvalue weighted by atomic mass is 10.3. The van der Waals surface area contributed by atoms with Crippen LogP contribution in [-0.2, 0) is 0 Å². The van der Waals surface area contributed by atoms with Crippen LogP contribution in [0, 0.1) is 20.2 Å². The third kappa shape index (κ3) is 3.70. The second kappa shape index (κ2) is 7.21. The molecule has 1 aromatic heterocycles. The van der Waals surface area contributed by atoms with Gasteiger partial charge in [0.25, 0.3) is 5.69 Å². The number of hydrogen-bond acceptors (Lipinski definition) is 8. The highest BCUT2D eigenvalue weighted by Crippen LogP contribution is 2.35. The van der Waals surface area contributed by atoms with E-state index in [2.05, 4.69) is 15.3 Å². The van der Waals surface area contributed by atoms with Crippen LogP contribution in [0.1, 0.15) is 0 Å². The Bertz CT molecular complexity index is 964. The summed E-state index contributed by atoms with van der Waals surface area (Å²) in [4.78, 5) is 28.8. The third-order valence-corrected chi connectivity index (χ3v) is 3.25. The summed E-state index contributed by atoms with van der Waals surface area (Å²) >= 11 is 0. The number of anilines is 2. The molecule has 0 saturated carbocycles. The number of nitrogens with zero attached hydrogens (tertiary/aromatic N) is 4. The maximum Gasteiger partial charge on any atom is 0.373 e. The molecular formula is C16H11N5O5. The highest BCUT2D eigenvalue weighted by Gasteiger charge is 2.25. The van der Waals surface area contributed by atoms with Gasteiger partial charge in [-0.3, -0.25) is 20.2 Å². The second-order valence-corrected chi connectivity index (χ2v) is 4.98. The first-order valence-electron chi connectivity index (χ1n) is 7.28. The fourth-order valence-electron chi connectivity index (χ4n) is 2.13. The summed E-state index contributed by atoms with van der Waals surface area (Å²) in [5.41, 5.74) is -0.373. The molecule has 2 aromatic carbocycles. The first kappa shape index (κ1) is 16.8. The maximum absolute atomic E-state index is 11.5. The minimum atomic E-state index is -0.683. The van der Waals surface area contributed by atoms with E-state index in [9.17, 15) is 20.2 Å². The zero-order valence-electron chi connectivity index (χ0n) is 13.1. The lowest BCUT2D eigenvalue weighted by Gasteiger charge is -2.09. The Balaban J connectivity index is 1.97. The predicted octanol–water partition coefficient (Wildman–Crippen LogP) is 3.83. The number of non-ortho nitro benzene ring substituents is 1. The second-order valence-electron chi connectivity index (χ2n) is 4.98. The molecule has 3 aromatic rings. The van der Waals surface area contributed by atoms with Gasteiger partial charge >= 0.3 is 11.6 Å². The van der Waals surface area contributed by atoms with Gasteiger partial charge in [0.2, 0.25) is 5.82 Å². The zero-order valence-corrected chi connectivity index (χ0v) is 13.1. The average molecular weight is 353 g/mol. The van der Waals surface area contributed by atoms with Crippen LogP contribution in [-0.4, -0.2) is 19.8 Å². The normalized spacial score (nSPS) is 10.2. The molecule has 130 valence electrons. The molecule has 0 unspecified atom stereocenters. The van der Waals surface area contributed by atoms with Gasteiger partial charge in [0.05, 0.1) is 9.85 Å². The Hall–Kier alpha value is -4.08. The van der Waals surface area contributed by atoms with Crippen LogP contribution in [0.15, 0.2) is 60.9 Å². The molecule has 1 heterocycles. The molecule has 0 fully saturated rings. The van der Waals surface area contributed by atoms with Gasteiger partial charge in [-0.2, -0.15) is 4.98 Å². The van der Waals surface area contributed by atoms with Crippen molar-refractivity contribution < 1.29 is 14.6 Å². The summed E-state index contributed by atoms with van der Waals surface area (Å²) in [6.07, 6.45) is 1.10. The number of ether oxygens (including phenoxy) is 1. The summed E-state index contributed by atoms with van der Waals surface area (Å²) in [6, 6.07) is 14.0. The Labute approximate surface area is 146 Å². The first-order chi connectivity index (χ1) is 12.5. The molecule has 1 N–H and O–H groups in total. The molecule has 0 radical (unpaired) electrons. The van der Waals surface area contributed by atoms with Crippen LogP contribution in [0.4, 0.5) is 22.9 Å². The SMILES string of the molecule is O=[N+]([O-])c1cccc(Nc2ncnc(Oc3ccccc3)c2[N+](=O)[O-])c1. The highest BCUT2D eigenvalue weighted by molar-refractivity contribution is 5.69. The smallest absolute Gasteiger partial charge is 0.373 e. The van der Waals surface area contributed by atoms with Gasteiger partial charge in [-0.25, -0.2) is 4.98 Å². The highest BCUT2D eigenvalue weighted by atomic mass is 16.6. The lowest BCUT2D eigenvalue weighted by Crippen LogP contribution is -2.03. The van der Waals surface area contributed by atoms with Gasteiger partial charge in [-0.15, -0.1) is 0 Å². The molecule has 10 heteroatoms. The van der Waals surface area contributed by atoms with E-state index < -0.39 is 15.5 Å². The zero-order chi connectivity index (χ0) is 18.5. The fraction of sp³-hybridized carbons (Fsp3) is 0. The molecule has 0 amide bonds. The van der Waals surface area contributed by atoms with Crippen molar-refractivity contribution in [3.63, 3.8) is 0 Å². The number of aromatic nitrogens is 2. The average Bonchev–Trinajstić information content (AvgIpc) is 2.62. The van der Waals surface area contributed by atoms with E-state index in [-0.39, 0.29) is 23.1 Å². The quantitative estimate of drug-likeness (QED) is 0.522. The largest absolute Gasteiger partial charge is 0.434 e. The van der Waals surface area contributed by atoms with Gasteiger partial charge in [0.1, 0.15) is 12.1 Å². The van der Waals surface area contributed by atoms with E-state index >= 15 is 0 Å². The fourth-order valence-corrected chi connectivity index (χ4v) is 2.13. The van der Waals surface area contributed by atoms with Crippen molar-refractivity contribution in [2.24, 2.45) is 0 Å². The standard InChI is InChI=1S/C16H11N5O5/c22-20(23)12-6-4-5-11(9-12)19-15-14(21(24)25)16(18-10-17-15)26-13-7-2-1-3-8-13/h1-10H,(H,17,18,19). The van der Waals surface area contributed by atoms with Gasteiger partial charge in [0, 0.05) is 17.8 Å². The van der Waals surface area contributed by atoms with Crippen molar-refractivity contribution in [3.8, 4) is 11.6 Å². The minimum Gasteiger partial charge on any atom is -0.434 e. The van der Waals surface area contributed by atoms with Crippen molar-refractivity contribution >= 4 is 22.9 Å². The van der Waals surface area contributed by atoms with Gasteiger partial charge in [0.15, 0.2) is 0 Å². The number of hydrogen-bond donors (Lipinski definition) is 1. The molecule has 3 rings (SSSR count). The third-order valence-electron chi connectivity index (χ3n) is 3.25. The van der Waals surface area contributed by atoms with Crippen LogP contribution in [0.25, 0.3) is 0 Å². The number of nitrogens with one attached hydrogen (secondary N) is 1. The van der Waals surface area contributed by atoms with Crippen molar-refractivity contribution in [1.29, 1.82) is 0 Å². The number of para-hydroxylation sites is 1. The van der Waals surface area contributed by atoms with Gasteiger partial charge < -0.3 is 10.1 Å². The molecule has 0 aliphatic carbocycles. The minimum absolute atomic E-state index is 0.142. The summed E-state index contributed by atoms with van der Waals surface area (Å²) in [5, 5.41) is 25.1. The number of nitro groups is 2. The molecule has 26 heavy (non-hydrogen) atoms. The number of benzene rings is 2.